The molecular weight excluding hydrogens is 284 g/mol. The summed E-state index contributed by atoms with van der Waals surface area (Å²) in [6.45, 7) is 0. The zero-order chi connectivity index (χ0) is 11.5. The number of sulfone groups is 1. The molecule has 0 unspecified atom stereocenters. The highest BCUT2D eigenvalue weighted by Gasteiger charge is 2.13. The van der Waals surface area contributed by atoms with Gasteiger partial charge in [-0.3, -0.25) is 4.79 Å². The van der Waals surface area contributed by atoms with E-state index in [9.17, 15) is 13.2 Å². The fourth-order valence-corrected chi connectivity index (χ4v) is 2.25. The molecule has 4 nitrogen and oxygen atoms in total. The van der Waals surface area contributed by atoms with Crippen LogP contribution in [0.25, 0.3) is 0 Å². The number of halogens is 1. The van der Waals surface area contributed by atoms with Crippen LogP contribution in [0.15, 0.2) is 21.4 Å². The summed E-state index contributed by atoms with van der Waals surface area (Å²) in [5, 5.41) is 0. The SMILES string of the molecule is CS(=O)(=O)CCCC(=O)c1ccoc1Br. The van der Waals surface area contributed by atoms with Crippen molar-refractivity contribution in [3.63, 3.8) is 0 Å². The lowest BCUT2D eigenvalue weighted by Crippen LogP contribution is -2.06. The van der Waals surface area contributed by atoms with Gasteiger partial charge in [0.25, 0.3) is 0 Å². The summed E-state index contributed by atoms with van der Waals surface area (Å²) >= 11 is 3.09. The molecule has 0 saturated carbocycles. The second-order valence-electron chi connectivity index (χ2n) is 3.26. The summed E-state index contributed by atoms with van der Waals surface area (Å²) in [4.78, 5) is 11.5. The molecule has 0 fully saturated rings. The van der Waals surface area contributed by atoms with Gasteiger partial charge in [0.05, 0.1) is 17.6 Å². The third-order valence-electron chi connectivity index (χ3n) is 1.84. The van der Waals surface area contributed by atoms with E-state index < -0.39 is 9.84 Å². The second kappa shape index (κ2) is 4.94. The van der Waals surface area contributed by atoms with Crippen molar-refractivity contribution in [3.8, 4) is 0 Å². The summed E-state index contributed by atoms with van der Waals surface area (Å²) in [6.07, 6.45) is 3.12. The molecule has 0 aromatic carbocycles. The van der Waals surface area contributed by atoms with Crippen LogP contribution in [0.4, 0.5) is 0 Å². The Morgan fingerprint density at radius 2 is 2.20 bits per heavy atom. The molecule has 0 aliphatic rings. The average Bonchev–Trinajstić information content (AvgIpc) is 2.48. The first kappa shape index (κ1) is 12.4. The van der Waals surface area contributed by atoms with Gasteiger partial charge in [-0.2, -0.15) is 0 Å². The molecule has 1 aromatic rings. The molecule has 0 atom stereocenters. The highest BCUT2D eigenvalue weighted by atomic mass is 79.9. The van der Waals surface area contributed by atoms with Crippen molar-refractivity contribution >= 4 is 31.6 Å². The molecule has 0 aliphatic heterocycles. The predicted molar refractivity (Wildman–Crippen MR) is 59.7 cm³/mol. The minimum absolute atomic E-state index is 0.0359. The Kier molecular flexibility index (Phi) is 4.10. The number of ketones is 1. The van der Waals surface area contributed by atoms with Crippen LogP contribution in [0.2, 0.25) is 0 Å². The fourth-order valence-electron chi connectivity index (χ4n) is 1.12. The molecule has 0 N–H and O–H groups in total. The lowest BCUT2D eigenvalue weighted by Gasteiger charge is -1.98. The zero-order valence-corrected chi connectivity index (χ0v) is 10.6. The summed E-state index contributed by atoms with van der Waals surface area (Å²) in [5.41, 5.74) is 0.462. The van der Waals surface area contributed by atoms with Gasteiger partial charge in [-0.15, -0.1) is 0 Å². The van der Waals surface area contributed by atoms with Gasteiger partial charge in [-0.1, -0.05) is 0 Å². The maximum Gasteiger partial charge on any atom is 0.179 e. The van der Waals surface area contributed by atoms with E-state index >= 15 is 0 Å². The van der Waals surface area contributed by atoms with Crippen molar-refractivity contribution < 1.29 is 17.6 Å². The Labute approximate surface area is 96.7 Å². The largest absolute Gasteiger partial charge is 0.457 e. The molecule has 6 heteroatoms. The number of furan rings is 1. The van der Waals surface area contributed by atoms with Crippen molar-refractivity contribution in [2.45, 2.75) is 12.8 Å². The number of hydrogen-bond donors (Lipinski definition) is 0. The smallest absolute Gasteiger partial charge is 0.179 e. The van der Waals surface area contributed by atoms with Gasteiger partial charge < -0.3 is 4.42 Å². The standard InChI is InChI=1S/C9H11BrO4S/c1-15(12,13)6-2-3-8(11)7-4-5-14-9(7)10/h4-5H,2-3,6H2,1H3. The molecule has 0 bridgehead atoms. The highest BCUT2D eigenvalue weighted by molar-refractivity contribution is 9.10. The highest BCUT2D eigenvalue weighted by Crippen LogP contribution is 2.19. The first-order valence-corrected chi connectivity index (χ1v) is 7.19. The Hall–Kier alpha value is -0.620. The average molecular weight is 295 g/mol. The molecule has 0 spiro atoms. The molecular formula is C9H11BrO4S. The van der Waals surface area contributed by atoms with Crippen LogP contribution in [-0.4, -0.2) is 26.2 Å². The lowest BCUT2D eigenvalue weighted by molar-refractivity contribution is 0.0980. The van der Waals surface area contributed by atoms with E-state index in [-0.39, 0.29) is 18.0 Å². The van der Waals surface area contributed by atoms with Gasteiger partial charge in [-0.25, -0.2) is 8.42 Å². The molecule has 1 rings (SSSR count). The second-order valence-corrected chi connectivity index (χ2v) is 6.24. The van der Waals surface area contributed by atoms with E-state index in [0.29, 0.717) is 16.7 Å². The monoisotopic (exact) mass is 294 g/mol. The number of hydrogen-bond acceptors (Lipinski definition) is 4. The minimum Gasteiger partial charge on any atom is -0.457 e. The van der Waals surface area contributed by atoms with Crippen LogP contribution in [0.5, 0.6) is 0 Å². The molecule has 15 heavy (non-hydrogen) atoms. The molecule has 0 amide bonds. The van der Waals surface area contributed by atoms with E-state index in [1.54, 1.807) is 6.07 Å². The molecule has 84 valence electrons. The molecule has 1 aromatic heterocycles. The van der Waals surface area contributed by atoms with Gasteiger partial charge in [0.1, 0.15) is 9.84 Å². The molecule has 0 radical (unpaired) electrons. The van der Waals surface area contributed by atoms with Crippen LogP contribution in [0.1, 0.15) is 23.2 Å². The molecule has 0 aliphatic carbocycles. The molecule has 0 saturated heterocycles. The van der Waals surface area contributed by atoms with Crippen molar-refractivity contribution in [2.24, 2.45) is 0 Å². The maximum atomic E-state index is 11.5. The Balaban J connectivity index is 2.48. The number of carbonyl (C=O) groups is 1. The maximum absolute atomic E-state index is 11.5. The Morgan fingerprint density at radius 1 is 1.53 bits per heavy atom. The van der Waals surface area contributed by atoms with Crippen molar-refractivity contribution in [1.82, 2.24) is 0 Å². The van der Waals surface area contributed by atoms with Gasteiger partial charge >= 0.3 is 0 Å². The molecule has 1 heterocycles. The first-order chi connectivity index (χ1) is 6.90. The Bertz CT molecular complexity index is 446. The van der Waals surface area contributed by atoms with E-state index in [1.807, 2.05) is 0 Å². The summed E-state index contributed by atoms with van der Waals surface area (Å²) < 4.78 is 27.0. The quantitative estimate of drug-likeness (QED) is 0.780. The van der Waals surface area contributed by atoms with E-state index in [1.165, 1.54) is 6.26 Å². The van der Waals surface area contributed by atoms with Crippen LogP contribution >= 0.6 is 15.9 Å². The van der Waals surface area contributed by atoms with Crippen LogP contribution in [0, 0.1) is 0 Å². The summed E-state index contributed by atoms with van der Waals surface area (Å²) in [6, 6.07) is 1.56. The summed E-state index contributed by atoms with van der Waals surface area (Å²) in [5.74, 6) is -0.0759. The van der Waals surface area contributed by atoms with E-state index in [0.717, 1.165) is 6.26 Å². The lowest BCUT2D eigenvalue weighted by atomic mass is 10.1. The van der Waals surface area contributed by atoms with Crippen LogP contribution < -0.4 is 0 Å². The van der Waals surface area contributed by atoms with Gasteiger partial charge in [0.15, 0.2) is 10.5 Å². The van der Waals surface area contributed by atoms with Crippen molar-refractivity contribution in [2.75, 3.05) is 12.0 Å². The van der Waals surface area contributed by atoms with Gasteiger partial charge in [0, 0.05) is 12.7 Å². The van der Waals surface area contributed by atoms with Gasteiger partial charge in [-0.05, 0) is 28.4 Å². The first-order valence-electron chi connectivity index (χ1n) is 4.34. The number of rotatable bonds is 5. The van der Waals surface area contributed by atoms with Crippen molar-refractivity contribution in [1.29, 1.82) is 0 Å². The normalized spacial score (nSPS) is 11.6. The number of Topliss-reactive ketones (excluding diaryl/α,β-unsaturated/α-hetero) is 1. The summed E-state index contributed by atoms with van der Waals surface area (Å²) in [7, 11) is -2.99. The topological polar surface area (TPSA) is 64.3 Å². The Morgan fingerprint density at radius 3 is 2.67 bits per heavy atom. The van der Waals surface area contributed by atoms with E-state index in [4.69, 9.17) is 4.42 Å². The van der Waals surface area contributed by atoms with Gasteiger partial charge in [0.2, 0.25) is 0 Å². The third-order valence-corrected chi connectivity index (χ3v) is 3.48. The minimum atomic E-state index is -2.99. The predicted octanol–water partition coefficient (Wildman–Crippen LogP) is 2.05. The van der Waals surface area contributed by atoms with E-state index in [2.05, 4.69) is 15.9 Å². The fraction of sp³-hybridized carbons (Fsp3) is 0.444. The third kappa shape index (κ3) is 4.17. The zero-order valence-electron chi connectivity index (χ0n) is 8.20. The van der Waals surface area contributed by atoms with Crippen LogP contribution in [-0.2, 0) is 9.84 Å². The number of carbonyl (C=O) groups excluding carboxylic acids is 1. The van der Waals surface area contributed by atoms with Crippen LogP contribution in [0.3, 0.4) is 0 Å². The van der Waals surface area contributed by atoms with Crippen molar-refractivity contribution in [3.05, 3.63) is 22.6 Å².